The van der Waals surface area contributed by atoms with Crippen molar-refractivity contribution in [1.82, 2.24) is 0 Å². The van der Waals surface area contributed by atoms with Crippen LogP contribution in [-0.4, -0.2) is 15.0 Å². The molecule has 0 fully saturated rings. The average Bonchev–Trinajstić information content (AvgIpc) is 2.36. The number of benzene rings is 1. The Morgan fingerprint density at radius 1 is 0.818 bits per heavy atom. The molecule has 1 rings (SSSR count). The van der Waals surface area contributed by atoms with E-state index >= 15 is 0 Å². The average molecular weight is 360 g/mol. The lowest BCUT2D eigenvalue weighted by atomic mass is 10.1. The second-order valence-corrected chi connectivity index (χ2v) is 4.85. The first-order chi connectivity index (χ1) is 9.91. The molecule has 22 heavy (non-hydrogen) atoms. The van der Waals surface area contributed by atoms with Crippen molar-refractivity contribution >= 4 is 15.0 Å². The number of alkyl halides is 2. The molecule has 3 nitrogen and oxygen atoms in total. The van der Waals surface area contributed by atoms with Crippen LogP contribution >= 0.6 is 0 Å². The first-order valence-electron chi connectivity index (χ1n) is 4.70. The number of halogens is 9. The van der Waals surface area contributed by atoms with Gasteiger partial charge in [0.1, 0.15) is 0 Å². The third-order valence-electron chi connectivity index (χ3n) is 2.06. The normalized spacial score (nSPS) is 11.9. The van der Waals surface area contributed by atoms with E-state index in [0.29, 0.717) is 0 Å². The van der Waals surface area contributed by atoms with Crippen LogP contribution < -0.4 is 0 Å². The van der Waals surface area contributed by atoms with E-state index in [1.54, 1.807) is 0 Å². The summed E-state index contributed by atoms with van der Waals surface area (Å²) in [5.41, 5.74) is -2.61. The zero-order valence-corrected chi connectivity index (χ0v) is 10.4. The molecule has 13 heteroatoms. The van der Waals surface area contributed by atoms with Crippen molar-refractivity contribution in [2.24, 2.45) is 0 Å². The van der Waals surface area contributed by atoms with Crippen LogP contribution in [0.4, 0.5) is 39.5 Å². The second-order valence-electron chi connectivity index (χ2n) is 3.35. The summed E-state index contributed by atoms with van der Waals surface area (Å²) >= 11 is 0. The van der Waals surface area contributed by atoms with Gasteiger partial charge in [0.2, 0.25) is 5.82 Å². The SMILES string of the molecule is O=S(=O)(OC(F)F)C(=C(F)F)c1c(F)c(F)c(F)c(F)c1F. The van der Waals surface area contributed by atoms with Crippen LogP contribution in [0.1, 0.15) is 5.56 Å². The summed E-state index contributed by atoms with van der Waals surface area (Å²) in [6, 6.07) is 0. The van der Waals surface area contributed by atoms with Gasteiger partial charge in [-0.3, -0.25) is 0 Å². The lowest BCUT2D eigenvalue weighted by Crippen LogP contribution is -2.16. The third-order valence-corrected chi connectivity index (χ3v) is 3.32. The van der Waals surface area contributed by atoms with E-state index in [4.69, 9.17) is 0 Å². The zero-order valence-electron chi connectivity index (χ0n) is 9.61. The monoisotopic (exact) mass is 360 g/mol. The summed E-state index contributed by atoms with van der Waals surface area (Å²) in [6.45, 7) is -4.22. The minimum Gasteiger partial charge on any atom is -0.203 e. The third kappa shape index (κ3) is 3.19. The Kier molecular flexibility index (Phi) is 5.12. The molecule has 0 atom stereocenters. The van der Waals surface area contributed by atoms with Gasteiger partial charge in [-0.15, -0.1) is 0 Å². The minimum atomic E-state index is -6.22. The summed E-state index contributed by atoms with van der Waals surface area (Å²) in [7, 11) is -6.22. The van der Waals surface area contributed by atoms with Gasteiger partial charge in [0.25, 0.3) is 6.08 Å². The molecule has 0 amide bonds. The van der Waals surface area contributed by atoms with E-state index in [1.165, 1.54) is 0 Å². The molecule has 0 unspecified atom stereocenters. The fraction of sp³-hybridized carbons (Fsp3) is 0.111. The van der Waals surface area contributed by atoms with Crippen LogP contribution in [0.5, 0.6) is 0 Å². The van der Waals surface area contributed by atoms with Gasteiger partial charge in [-0.1, -0.05) is 0 Å². The molecule has 0 saturated heterocycles. The van der Waals surface area contributed by atoms with Crippen LogP contribution in [0, 0.1) is 29.1 Å². The van der Waals surface area contributed by atoms with Crippen molar-refractivity contribution in [3.8, 4) is 0 Å². The highest BCUT2D eigenvalue weighted by Crippen LogP contribution is 2.35. The largest absolute Gasteiger partial charge is 0.359 e. The Morgan fingerprint density at radius 2 is 1.18 bits per heavy atom. The Labute approximate surface area is 115 Å². The molecule has 0 aliphatic heterocycles. The van der Waals surface area contributed by atoms with Crippen molar-refractivity contribution in [3.63, 3.8) is 0 Å². The highest BCUT2D eigenvalue weighted by Gasteiger charge is 2.38. The van der Waals surface area contributed by atoms with E-state index in [1.807, 2.05) is 0 Å². The number of hydrogen-bond donors (Lipinski definition) is 0. The molecule has 0 bridgehead atoms. The fourth-order valence-electron chi connectivity index (χ4n) is 1.26. The van der Waals surface area contributed by atoms with Crippen LogP contribution in [0.2, 0.25) is 0 Å². The van der Waals surface area contributed by atoms with E-state index < -0.39 is 62.4 Å². The van der Waals surface area contributed by atoms with Crippen molar-refractivity contribution < 1.29 is 52.1 Å². The van der Waals surface area contributed by atoms with E-state index in [-0.39, 0.29) is 0 Å². The minimum absolute atomic E-state index is 2.61. The van der Waals surface area contributed by atoms with E-state index in [2.05, 4.69) is 4.18 Å². The van der Waals surface area contributed by atoms with Gasteiger partial charge in [0.15, 0.2) is 28.2 Å². The summed E-state index contributed by atoms with van der Waals surface area (Å²) in [5.74, 6) is -14.2. The standard InChI is InChI=1S/C9HF9O3S/c10-2-1(3(11)5(13)6(14)4(2)12)7(8(15)16)22(19,20)21-9(17)18/h9H. The van der Waals surface area contributed by atoms with Crippen molar-refractivity contribution in [3.05, 3.63) is 40.7 Å². The molecule has 0 heterocycles. The maximum Gasteiger partial charge on any atom is 0.359 e. The Hall–Kier alpha value is -1.76. The van der Waals surface area contributed by atoms with Crippen LogP contribution in [0.25, 0.3) is 4.91 Å². The predicted octanol–water partition coefficient (Wildman–Crippen LogP) is 3.52. The summed E-state index contributed by atoms with van der Waals surface area (Å²) in [4.78, 5) is -2.90. The van der Waals surface area contributed by atoms with Gasteiger partial charge in [-0.25, -0.2) is 22.0 Å². The quantitative estimate of drug-likeness (QED) is 0.357. The Morgan fingerprint density at radius 3 is 1.50 bits per heavy atom. The molecule has 1 aromatic rings. The van der Waals surface area contributed by atoms with Crippen LogP contribution in [-0.2, 0) is 14.3 Å². The Balaban J connectivity index is 3.82. The maximum atomic E-state index is 13.3. The maximum absolute atomic E-state index is 13.3. The highest BCUT2D eigenvalue weighted by molar-refractivity contribution is 7.96. The summed E-state index contributed by atoms with van der Waals surface area (Å²) in [5, 5.41) is 0. The lowest BCUT2D eigenvalue weighted by molar-refractivity contribution is -0.0430. The van der Waals surface area contributed by atoms with Crippen molar-refractivity contribution in [2.45, 2.75) is 6.61 Å². The van der Waals surface area contributed by atoms with E-state index in [0.717, 1.165) is 0 Å². The van der Waals surface area contributed by atoms with Crippen molar-refractivity contribution in [2.75, 3.05) is 0 Å². The topological polar surface area (TPSA) is 43.4 Å². The fourth-order valence-corrected chi connectivity index (χ4v) is 2.17. The summed E-state index contributed by atoms with van der Waals surface area (Å²) < 4.78 is 139. The Bertz CT molecular complexity index is 708. The van der Waals surface area contributed by atoms with Gasteiger partial charge in [0, 0.05) is 0 Å². The van der Waals surface area contributed by atoms with Gasteiger partial charge < -0.3 is 0 Å². The molecule has 0 radical (unpaired) electrons. The molecule has 1 aromatic carbocycles. The molecule has 0 aliphatic rings. The molecular weight excluding hydrogens is 359 g/mol. The highest BCUT2D eigenvalue weighted by atomic mass is 32.2. The van der Waals surface area contributed by atoms with Crippen LogP contribution in [0.15, 0.2) is 6.08 Å². The molecular formula is C9HF9O3S. The van der Waals surface area contributed by atoms with Gasteiger partial charge in [0.05, 0.1) is 5.56 Å². The summed E-state index contributed by atoms with van der Waals surface area (Å²) in [6.07, 6.45) is -3.52. The van der Waals surface area contributed by atoms with Crippen LogP contribution in [0.3, 0.4) is 0 Å². The number of hydrogen-bond acceptors (Lipinski definition) is 3. The molecule has 0 aliphatic carbocycles. The predicted molar refractivity (Wildman–Crippen MR) is 51.4 cm³/mol. The second kappa shape index (κ2) is 6.16. The molecule has 0 spiro atoms. The zero-order chi connectivity index (χ0) is 17.4. The smallest absolute Gasteiger partial charge is 0.203 e. The molecule has 0 saturated carbocycles. The van der Waals surface area contributed by atoms with Crippen molar-refractivity contribution in [1.29, 1.82) is 0 Å². The number of rotatable bonds is 4. The molecule has 0 N–H and O–H groups in total. The first-order valence-corrected chi connectivity index (χ1v) is 6.11. The lowest BCUT2D eigenvalue weighted by Gasteiger charge is -2.11. The van der Waals surface area contributed by atoms with Gasteiger partial charge in [-0.2, -0.15) is 30.2 Å². The van der Waals surface area contributed by atoms with E-state index in [9.17, 15) is 47.9 Å². The molecule has 0 aromatic heterocycles. The first kappa shape index (κ1) is 18.3. The molecule has 124 valence electrons. The van der Waals surface area contributed by atoms with Gasteiger partial charge >= 0.3 is 16.7 Å². The van der Waals surface area contributed by atoms with Gasteiger partial charge in [-0.05, 0) is 0 Å².